The highest BCUT2D eigenvalue weighted by Crippen LogP contribution is 2.24. The van der Waals surface area contributed by atoms with Crippen LogP contribution in [0.2, 0.25) is 0 Å². The Labute approximate surface area is 118 Å². The van der Waals surface area contributed by atoms with Gasteiger partial charge in [-0.3, -0.25) is 5.10 Å². The number of benzene rings is 1. The fraction of sp³-hybridized carbons (Fsp3) is 0.429. The van der Waals surface area contributed by atoms with Crippen molar-refractivity contribution in [1.29, 1.82) is 0 Å². The Morgan fingerprint density at radius 3 is 2.84 bits per heavy atom. The summed E-state index contributed by atoms with van der Waals surface area (Å²) in [7, 11) is 0. The second-order valence-electron chi connectivity index (χ2n) is 4.42. The number of aromatic amines is 1. The number of aryl methyl sites for hydroxylation is 1. The fourth-order valence-corrected chi connectivity index (χ4v) is 2.38. The van der Waals surface area contributed by atoms with E-state index in [0.29, 0.717) is 0 Å². The molecule has 0 fully saturated rings. The van der Waals surface area contributed by atoms with E-state index in [9.17, 15) is 0 Å². The van der Waals surface area contributed by atoms with E-state index >= 15 is 0 Å². The maximum atomic E-state index is 4.39. The first-order chi connectivity index (χ1) is 9.31. The van der Waals surface area contributed by atoms with Gasteiger partial charge in [-0.15, -0.1) is 0 Å². The van der Waals surface area contributed by atoms with Crippen LogP contribution in [-0.4, -0.2) is 33.7 Å². The highest BCUT2D eigenvalue weighted by atomic mass is 32.2. The number of para-hydroxylation sites is 1. The number of unbranched alkanes of at least 4 members (excludes halogenated alkanes) is 1. The number of rotatable bonds is 7. The molecule has 0 saturated carbocycles. The Morgan fingerprint density at radius 2 is 2.11 bits per heavy atom. The van der Waals surface area contributed by atoms with Gasteiger partial charge in [-0.05, 0) is 43.9 Å². The summed E-state index contributed by atoms with van der Waals surface area (Å²) in [5.41, 5.74) is 2.15. The van der Waals surface area contributed by atoms with Gasteiger partial charge in [0, 0.05) is 17.8 Å². The second kappa shape index (κ2) is 7.19. The van der Waals surface area contributed by atoms with Crippen LogP contribution in [0, 0.1) is 6.92 Å². The third-order valence-corrected chi connectivity index (χ3v) is 3.55. The zero-order valence-corrected chi connectivity index (χ0v) is 12.3. The SMILES string of the molecule is CSCCCCNc1ccccc1-c1n[nH]c(C)n1. The van der Waals surface area contributed by atoms with Gasteiger partial charge >= 0.3 is 0 Å². The van der Waals surface area contributed by atoms with E-state index in [1.807, 2.05) is 36.9 Å². The highest BCUT2D eigenvalue weighted by molar-refractivity contribution is 7.98. The van der Waals surface area contributed by atoms with Gasteiger partial charge in [0.25, 0.3) is 0 Å². The molecule has 2 N–H and O–H groups in total. The second-order valence-corrected chi connectivity index (χ2v) is 5.40. The predicted octanol–water partition coefficient (Wildman–Crippen LogP) is 3.34. The van der Waals surface area contributed by atoms with Crippen LogP contribution < -0.4 is 5.32 Å². The van der Waals surface area contributed by atoms with E-state index in [4.69, 9.17) is 0 Å². The maximum absolute atomic E-state index is 4.39. The molecule has 0 aliphatic rings. The molecule has 0 atom stereocenters. The molecular formula is C14H20N4S. The van der Waals surface area contributed by atoms with Crippen molar-refractivity contribution in [2.24, 2.45) is 0 Å². The van der Waals surface area contributed by atoms with E-state index in [2.05, 4.69) is 32.8 Å². The molecule has 0 aliphatic heterocycles. The molecule has 2 aromatic rings. The summed E-state index contributed by atoms with van der Waals surface area (Å²) in [4.78, 5) is 4.39. The molecule has 2 rings (SSSR count). The first kappa shape index (κ1) is 13.9. The predicted molar refractivity (Wildman–Crippen MR) is 82.7 cm³/mol. The molecule has 102 valence electrons. The van der Waals surface area contributed by atoms with E-state index in [1.54, 1.807) is 0 Å². The average molecular weight is 276 g/mol. The minimum absolute atomic E-state index is 0.754. The number of nitrogens with one attached hydrogen (secondary N) is 2. The number of thioether (sulfide) groups is 1. The summed E-state index contributed by atoms with van der Waals surface area (Å²) >= 11 is 1.90. The van der Waals surface area contributed by atoms with Crippen LogP contribution in [0.25, 0.3) is 11.4 Å². The molecule has 0 saturated heterocycles. The smallest absolute Gasteiger partial charge is 0.183 e. The van der Waals surface area contributed by atoms with Crippen molar-refractivity contribution >= 4 is 17.4 Å². The summed E-state index contributed by atoms with van der Waals surface area (Å²) < 4.78 is 0. The number of aromatic nitrogens is 3. The molecule has 5 heteroatoms. The third-order valence-electron chi connectivity index (χ3n) is 2.86. The lowest BCUT2D eigenvalue weighted by Gasteiger charge is -2.09. The lowest BCUT2D eigenvalue weighted by Crippen LogP contribution is -2.03. The molecule has 0 amide bonds. The molecule has 0 bridgehead atoms. The van der Waals surface area contributed by atoms with Crippen LogP contribution in [-0.2, 0) is 0 Å². The fourth-order valence-electron chi connectivity index (χ4n) is 1.89. The van der Waals surface area contributed by atoms with Crippen LogP contribution in [0.3, 0.4) is 0 Å². The van der Waals surface area contributed by atoms with Crippen LogP contribution >= 0.6 is 11.8 Å². The first-order valence-electron chi connectivity index (χ1n) is 6.52. The molecule has 0 spiro atoms. The lowest BCUT2D eigenvalue weighted by molar-refractivity contribution is 0.843. The van der Waals surface area contributed by atoms with Crippen molar-refractivity contribution in [2.75, 3.05) is 23.9 Å². The molecule has 1 aromatic heterocycles. The Hall–Kier alpha value is -1.49. The van der Waals surface area contributed by atoms with Crippen molar-refractivity contribution in [3.63, 3.8) is 0 Å². The van der Waals surface area contributed by atoms with Crippen molar-refractivity contribution in [2.45, 2.75) is 19.8 Å². The van der Waals surface area contributed by atoms with Crippen molar-refractivity contribution in [3.05, 3.63) is 30.1 Å². The maximum Gasteiger partial charge on any atom is 0.183 e. The molecule has 19 heavy (non-hydrogen) atoms. The van der Waals surface area contributed by atoms with Gasteiger partial charge in [-0.25, -0.2) is 4.98 Å². The molecule has 0 radical (unpaired) electrons. The van der Waals surface area contributed by atoms with E-state index in [-0.39, 0.29) is 0 Å². The number of anilines is 1. The largest absolute Gasteiger partial charge is 0.384 e. The van der Waals surface area contributed by atoms with E-state index in [0.717, 1.165) is 29.4 Å². The Balaban J connectivity index is 2.00. The summed E-state index contributed by atoms with van der Waals surface area (Å²) in [5.74, 6) is 2.82. The average Bonchev–Trinajstić information content (AvgIpc) is 2.85. The highest BCUT2D eigenvalue weighted by Gasteiger charge is 2.08. The van der Waals surface area contributed by atoms with Crippen LogP contribution in [0.4, 0.5) is 5.69 Å². The third kappa shape index (κ3) is 3.99. The Bertz CT molecular complexity index is 510. The molecule has 1 aromatic carbocycles. The topological polar surface area (TPSA) is 53.6 Å². The summed E-state index contributed by atoms with van der Waals surface area (Å²) in [6.45, 7) is 2.90. The molecular weight excluding hydrogens is 256 g/mol. The van der Waals surface area contributed by atoms with E-state index < -0.39 is 0 Å². The number of hydrogen-bond acceptors (Lipinski definition) is 4. The minimum Gasteiger partial charge on any atom is -0.384 e. The molecule has 4 nitrogen and oxygen atoms in total. The Kier molecular flexibility index (Phi) is 5.27. The van der Waals surface area contributed by atoms with Gasteiger partial charge in [0.15, 0.2) is 5.82 Å². The quantitative estimate of drug-likeness (QED) is 0.762. The number of hydrogen-bond donors (Lipinski definition) is 2. The summed E-state index contributed by atoms with van der Waals surface area (Å²) in [6.07, 6.45) is 4.58. The van der Waals surface area contributed by atoms with Gasteiger partial charge in [0.2, 0.25) is 0 Å². The minimum atomic E-state index is 0.754. The summed E-state index contributed by atoms with van der Waals surface area (Å²) in [5, 5.41) is 10.6. The van der Waals surface area contributed by atoms with Gasteiger partial charge < -0.3 is 5.32 Å². The van der Waals surface area contributed by atoms with Crippen LogP contribution in [0.1, 0.15) is 18.7 Å². The van der Waals surface area contributed by atoms with Gasteiger partial charge in [0.05, 0.1) is 0 Å². The zero-order valence-electron chi connectivity index (χ0n) is 11.4. The van der Waals surface area contributed by atoms with Gasteiger partial charge in [-0.1, -0.05) is 12.1 Å². The van der Waals surface area contributed by atoms with Crippen LogP contribution in [0.15, 0.2) is 24.3 Å². The zero-order chi connectivity index (χ0) is 13.5. The van der Waals surface area contributed by atoms with Crippen molar-refractivity contribution in [3.8, 4) is 11.4 Å². The number of nitrogens with zero attached hydrogens (tertiary/aromatic N) is 2. The van der Waals surface area contributed by atoms with E-state index in [1.165, 1.54) is 18.6 Å². The number of H-pyrrole nitrogens is 1. The first-order valence-corrected chi connectivity index (χ1v) is 7.92. The monoisotopic (exact) mass is 276 g/mol. The molecule has 0 aliphatic carbocycles. The van der Waals surface area contributed by atoms with Crippen LogP contribution in [0.5, 0.6) is 0 Å². The Morgan fingerprint density at radius 1 is 1.26 bits per heavy atom. The standard InChI is InChI=1S/C14H20N4S/c1-11-16-14(18-17-11)12-7-3-4-8-13(12)15-9-5-6-10-19-2/h3-4,7-8,15H,5-6,9-10H2,1-2H3,(H,16,17,18). The summed E-state index contributed by atoms with van der Waals surface area (Å²) in [6, 6.07) is 8.18. The molecule has 1 heterocycles. The molecule has 0 unspecified atom stereocenters. The normalized spacial score (nSPS) is 10.6. The van der Waals surface area contributed by atoms with Gasteiger partial charge in [0.1, 0.15) is 5.82 Å². The lowest BCUT2D eigenvalue weighted by atomic mass is 10.1. The van der Waals surface area contributed by atoms with Gasteiger partial charge in [-0.2, -0.15) is 16.9 Å². The van der Waals surface area contributed by atoms with Crippen molar-refractivity contribution < 1.29 is 0 Å². The van der Waals surface area contributed by atoms with Crippen molar-refractivity contribution in [1.82, 2.24) is 15.2 Å².